The fraction of sp³-hybridized carbons (Fsp3) is 0.815. The summed E-state index contributed by atoms with van der Waals surface area (Å²) < 4.78 is 16.9. The van der Waals surface area contributed by atoms with Gasteiger partial charge in [-0.3, -0.25) is 9.59 Å². The van der Waals surface area contributed by atoms with Crippen LogP contribution in [0.2, 0.25) is 0 Å². The number of carbonyl (C=O) groups is 3. The third-order valence-corrected chi connectivity index (χ3v) is 7.10. The molecular formula is C27H48O6. The Morgan fingerprint density at radius 1 is 0.818 bits per heavy atom. The Morgan fingerprint density at radius 2 is 1.30 bits per heavy atom. The molecule has 0 aliphatic rings. The van der Waals surface area contributed by atoms with Crippen LogP contribution in [0, 0.1) is 16.2 Å². The van der Waals surface area contributed by atoms with Gasteiger partial charge >= 0.3 is 17.9 Å². The second kappa shape index (κ2) is 12.6. The Morgan fingerprint density at radius 3 is 1.73 bits per heavy atom. The van der Waals surface area contributed by atoms with Crippen molar-refractivity contribution in [2.75, 3.05) is 6.61 Å². The maximum absolute atomic E-state index is 13.0. The molecule has 0 fully saturated rings. The van der Waals surface area contributed by atoms with Gasteiger partial charge in [-0.1, -0.05) is 54.0 Å². The first-order chi connectivity index (χ1) is 15.0. The zero-order chi connectivity index (χ0) is 26.1. The Balaban J connectivity index is 5.32. The van der Waals surface area contributed by atoms with Crippen molar-refractivity contribution in [1.82, 2.24) is 0 Å². The zero-order valence-corrected chi connectivity index (χ0v) is 22.8. The molecule has 0 aromatic rings. The van der Waals surface area contributed by atoms with Crippen LogP contribution < -0.4 is 0 Å². The topological polar surface area (TPSA) is 78.9 Å². The predicted molar refractivity (Wildman–Crippen MR) is 132 cm³/mol. The molecule has 6 nitrogen and oxygen atoms in total. The molecule has 0 radical (unpaired) electrons. The van der Waals surface area contributed by atoms with Crippen molar-refractivity contribution in [3.05, 3.63) is 12.7 Å². The molecule has 0 spiro atoms. The van der Waals surface area contributed by atoms with E-state index in [1.165, 1.54) is 0 Å². The van der Waals surface area contributed by atoms with Crippen LogP contribution >= 0.6 is 0 Å². The maximum Gasteiger partial charge on any atom is 0.330 e. The van der Waals surface area contributed by atoms with E-state index in [0.717, 1.165) is 31.8 Å². The van der Waals surface area contributed by atoms with Crippen LogP contribution in [0.4, 0.5) is 0 Å². The summed E-state index contributed by atoms with van der Waals surface area (Å²) >= 11 is 0. The largest absolute Gasteiger partial charge is 0.461 e. The highest BCUT2D eigenvalue weighted by Gasteiger charge is 2.43. The van der Waals surface area contributed by atoms with E-state index in [1.54, 1.807) is 27.7 Å². The lowest BCUT2D eigenvalue weighted by Gasteiger charge is -2.36. The Hall–Kier alpha value is -1.85. The molecule has 6 heteroatoms. The first-order valence-corrected chi connectivity index (χ1v) is 12.3. The van der Waals surface area contributed by atoms with Gasteiger partial charge in [-0.05, 0) is 65.7 Å². The molecule has 192 valence electrons. The minimum Gasteiger partial charge on any atom is -0.461 e. The number of ether oxygens (including phenoxy) is 3. The molecule has 0 saturated heterocycles. The molecule has 0 aromatic carbocycles. The van der Waals surface area contributed by atoms with Crippen molar-refractivity contribution >= 4 is 17.9 Å². The second-order valence-corrected chi connectivity index (χ2v) is 11.1. The molecule has 33 heavy (non-hydrogen) atoms. The molecule has 0 amide bonds. The van der Waals surface area contributed by atoms with E-state index in [0.29, 0.717) is 6.42 Å². The third-order valence-electron chi connectivity index (χ3n) is 7.10. The van der Waals surface area contributed by atoms with Gasteiger partial charge in [-0.25, -0.2) is 4.79 Å². The summed E-state index contributed by atoms with van der Waals surface area (Å²) in [5.74, 6) is -1.30. The number of carbonyl (C=O) groups excluding carboxylic acids is 3. The Bertz CT molecular complexity index is 668. The summed E-state index contributed by atoms with van der Waals surface area (Å²) in [4.78, 5) is 37.7. The van der Waals surface area contributed by atoms with E-state index in [4.69, 9.17) is 14.2 Å². The normalized spacial score (nSPS) is 13.8. The summed E-state index contributed by atoms with van der Waals surface area (Å²) in [6, 6.07) is 0. The van der Waals surface area contributed by atoms with Gasteiger partial charge in [0.05, 0.1) is 10.8 Å². The Labute approximate surface area is 201 Å². The van der Waals surface area contributed by atoms with Crippen LogP contribution in [0.1, 0.15) is 108 Å². The van der Waals surface area contributed by atoms with Crippen molar-refractivity contribution in [2.45, 2.75) is 119 Å². The van der Waals surface area contributed by atoms with Crippen LogP contribution in [-0.2, 0) is 28.6 Å². The highest BCUT2D eigenvalue weighted by Crippen LogP contribution is 2.38. The molecule has 0 saturated carbocycles. The summed E-state index contributed by atoms with van der Waals surface area (Å²) in [5.41, 5.74) is -2.35. The lowest BCUT2D eigenvalue weighted by atomic mass is 9.75. The zero-order valence-electron chi connectivity index (χ0n) is 22.8. The smallest absolute Gasteiger partial charge is 0.330 e. The van der Waals surface area contributed by atoms with E-state index in [1.807, 2.05) is 20.8 Å². The van der Waals surface area contributed by atoms with Gasteiger partial charge in [-0.2, -0.15) is 0 Å². The predicted octanol–water partition coefficient (Wildman–Crippen LogP) is 6.41. The molecule has 1 atom stereocenters. The van der Waals surface area contributed by atoms with Gasteiger partial charge in [0.15, 0.2) is 0 Å². The molecule has 1 unspecified atom stereocenters. The average molecular weight is 469 g/mol. The van der Waals surface area contributed by atoms with Crippen LogP contribution in [0.3, 0.4) is 0 Å². The first-order valence-electron chi connectivity index (χ1n) is 12.3. The van der Waals surface area contributed by atoms with Crippen LogP contribution in [0.15, 0.2) is 12.7 Å². The minimum atomic E-state index is -0.927. The highest BCUT2D eigenvalue weighted by molar-refractivity contribution is 5.81. The molecular weight excluding hydrogens is 420 g/mol. The van der Waals surface area contributed by atoms with E-state index in [-0.39, 0.29) is 24.4 Å². The summed E-state index contributed by atoms with van der Waals surface area (Å²) in [6.07, 6.45) is 4.66. The molecule has 0 bridgehead atoms. The van der Waals surface area contributed by atoms with Gasteiger partial charge in [0, 0.05) is 6.08 Å². The van der Waals surface area contributed by atoms with Crippen molar-refractivity contribution in [3.8, 4) is 0 Å². The van der Waals surface area contributed by atoms with Gasteiger partial charge in [-0.15, -0.1) is 0 Å². The van der Waals surface area contributed by atoms with E-state index < -0.39 is 34.5 Å². The van der Waals surface area contributed by atoms with E-state index in [9.17, 15) is 14.4 Å². The van der Waals surface area contributed by atoms with Crippen LogP contribution in [0.25, 0.3) is 0 Å². The first kappa shape index (κ1) is 31.1. The fourth-order valence-electron chi connectivity index (χ4n) is 3.80. The lowest BCUT2D eigenvalue weighted by molar-refractivity contribution is -0.175. The molecule has 0 heterocycles. The average Bonchev–Trinajstić information content (AvgIpc) is 2.75. The van der Waals surface area contributed by atoms with Gasteiger partial charge in [0.1, 0.15) is 18.3 Å². The lowest BCUT2D eigenvalue weighted by Crippen LogP contribution is -2.41. The molecule has 0 aromatic heterocycles. The number of esters is 3. The van der Waals surface area contributed by atoms with E-state index in [2.05, 4.69) is 27.4 Å². The van der Waals surface area contributed by atoms with Gasteiger partial charge < -0.3 is 14.2 Å². The molecule has 0 aliphatic carbocycles. The number of hydrogen-bond donors (Lipinski definition) is 0. The van der Waals surface area contributed by atoms with Crippen molar-refractivity contribution in [1.29, 1.82) is 0 Å². The minimum absolute atomic E-state index is 0.0357. The quantitative estimate of drug-likeness (QED) is 0.157. The fourth-order valence-corrected chi connectivity index (χ4v) is 3.80. The van der Waals surface area contributed by atoms with Gasteiger partial charge in [0.25, 0.3) is 0 Å². The summed E-state index contributed by atoms with van der Waals surface area (Å²) in [5, 5.41) is 0. The standard InChI is InChI=1S/C27H48O6/c1-12-21(28)32-20(17-26(10,13-2)14-3)18-31-22(29)24(6,7)19-25(8,9)23(30)33-27(11,15-4)16-5/h12,20H,1,13-19H2,2-11H3. The van der Waals surface area contributed by atoms with Crippen molar-refractivity contribution < 1.29 is 28.6 Å². The van der Waals surface area contributed by atoms with Gasteiger partial charge in [0.2, 0.25) is 0 Å². The molecule has 0 rings (SSSR count). The van der Waals surface area contributed by atoms with Crippen LogP contribution in [-0.4, -0.2) is 36.2 Å². The maximum atomic E-state index is 13.0. The molecule has 0 aliphatic heterocycles. The molecule has 0 N–H and O–H groups in total. The van der Waals surface area contributed by atoms with E-state index >= 15 is 0 Å². The van der Waals surface area contributed by atoms with Crippen molar-refractivity contribution in [3.63, 3.8) is 0 Å². The number of hydrogen-bond acceptors (Lipinski definition) is 6. The summed E-state index contributed by atoms with van der Waals surface area (Å²) in [6.45, 7) is 22.7. The van der Waals surface area contributed by atoms with Crippen molar-refractivity contribution in [2.24, 2.45) is 16.2 Å². The summed E-state index contributed by atoms with van der Waals surface area (Å²) in [7, 11) is 0. The Kier molecular flexibility index (Phi) is 11.9. The SMILES string of the molecule is C=CC(=O)OC(COC(=O)C(C)(C)CC(C)(C)C(=O)OC(C)(CC)CC)CC(C)(CC)CC. The highest BCUT2D eigenvalue weighted by atomic mass is 16.6. The second-order valence-electron chi connectivity index (χ2n) is 11.1. The van der Waals surface area contributed by atoms with Crippen LogP contribution in [0.5, 0.6) is 0 Å². The monoisotopic (exact) mass is 468 g/mol. The third kappa shape index (κ3) is 9.89. The number of rotatable bonds is 15.